The van der Waals surface area contributed by atoms with Gasteiger partial charge in [0.2, 0.25) is 5.16 Å². The van der Waals surface area contributed by atoms with E-state index in [1.165, 1.54) is 18.0 Å². The van der Waals surface area contributed by atoms with Gasteiger partial charge in [0.05, 0.1) is 12.0 Å². The fraction of sp³-hybridized carbons (Fsp3) is 0.188. The van der Waals surface area contributed by atoms with Gasteiger partial charge in [0.1, 0.15) is 5.75 Å². The van der Waals surface area contributed by atoms with Gasteiger partial charge in [0.25, 0.3) is 11.7 Å². The Balaban J connectivity index is 1.57. The first-order valence-electron chi connectivity index (χ1n) is 7.46. The number of benzene rings is 1. The summed E-state index contributed by atoms with van der Waals surface area (Å²) in [7, 11) is 0. The van der Waals surface area contributed by atoms with Gasteiger partial charge in [0.15, 0.2) is 0 Å². The SMILES string of the molecule is Cc1cc(C)n2nc(SCC(=O)NN=Cc3ccccc3O)nc2n1. The first-order valence-corrected chi connectivity index (χ1v) is 8.45. The monoisotopic (exact) mass is 356 g/mol. The summed E-state index contributed by atoms with van der Waals surface area (Å²) in [5.41, 5.74) is 4.72. The number of nitrogens with zero attached hydrogens (tertiary/aromatic N) is 5. The number of hydrogen-bond donors (Lipinski definition) is 2. The van der Waals surface area contributed by atoms with Crippen LogP contribution in [0.5, 0.6) is 5.75 Å². The van der Waals surface area contributed by atoms with Crippen LogP contribution in [-0.4, -0.2) is 42.6 Å². The Morgan fingerprint density at radius 2 is 2.16 bits per heavy atom. The molecule has 0 unspecified atom stereocenters. The number of para-hydroxylation sites is 1. The molecule has 0 saturated carbocycles. The second-order valence-electron chi connectivity index (χ2n) is 5.29. The van der Waals surface area contributed by atoms with Crippen molar-refractivity contribution in [2.75, 3.05) is 5.75 Å². The Kier molecular flexibility index (Phi) is 4.94. The van der Waals surface area contributed by atoms with Crippen LogP contribution in [0.15, 0.2) is 40.6 Å². The number of amides is 1. The van der Waals surface area contributed by atoms with Crippen molar-refractivity contribution in [3.63, 3.8) is 0 Å². The van der Waals surface area contributed by atoms with Crippen molar-refractivity contribution in [2.45, 2.75) is 19.0 Å². The molecule has 0 fully saturated rings. The van der Waals surface area contributed by atoms with E-state index < -0.39 is 0 Å². The fourth-order valence-electron chi connectivity index (χ4n) is 2.14. The lowest BCUT2D eigenvalue weighted by atomic mass is 10.2. The molecule has 0 aliphatic heterocycles. The Bertz CT molecular complexity index is 953. The molecule has 2 N–H and O–H groups in total. The van der Waals surface area contributed by atoms with Crippen LogP contribution >= 0.6 is 11.8 Å². The highest BCUT2D eigenvalue weighted by molar-refractivity contribution is 7.99. The fourth-order valence-corrected chi connectivity index (χ4v) is 2.75. The van der Waals surface area contributed by atoms with E-state index >= 15 is 0 Å². The molecule has 0 aliphatic rings. The van der Waals surface area contributed by atoms with E-state index in [9.17, 15) is 9.90 Å². The van der Waals surface area contributed by atoms with E-state index in [4.69, 9.17) is 0 Å². The van der Waals surface area contributed by atoms with E-state index in [1.807, 2.05) is 19.9 Å². The average Bonchev–Trinajstić information content (AvgIpc) is 2.98. The number of aryl methyl sites for hydroxylation is 2. The molecule has 3 rings (SSSR count). The minimum atomic E-state index is -0.295. The van der Waals surface area contributed by atoms with Crippen LogP contribution in [-0.2, 0) is 4.79 Å². The van der Waals surface area contributed by atoms with E-state index in [1.54, 1.807) is 28.8 Å². The molecule has 8 nitrogen and oxygen atoms in total. The number of carbonyl (C=O) groups is 1. The predicted octanol–water partition coefficient (Wildman–Crippen LogP) is 1.69. The summed E-state index contributed by atoms with van der Waals surface area (Å²) in [4.78, 5) is 20.4. The van der Waals surface area contributed by atoms with E-state index in [0.717, 1.165) is 11.4 Å². The van der Waals surface area contributed by atoms with Crippen LogP contribution in [0.4, 0.5) is 0 Å². The highest BCUT2D eigenvalue weighted by atomic mass is 32.2. The molecule has 0 atom stereocenters. The summed E-state index contributed by atoms with van der Waals surface area (Å²) in [6.45, 7) is 3.82. The topological polar surface area (TPSA) is 105 Å². The van der Waals surface area contributed by atoms with E-state index in [-0.39, 0.29) is 17.4 Å². The number of thioether (sulfide) groups is 1. The molecule has 0 aliphatic carbocycles. The predicted molar refractivity (Wildman–Crippen MR) is 94.8 cm³/mol. The molecule has 2 heterocycles. The molecular formula is C16H16N6O2S. The number of nitrogens with one attached hydrogen (secondary N) is 1. The van der Waals surface area contributed by atoms with Crippen molar-refractivity contribution < 1.29 is 9.90 Å². The first-order chi connectivity index (χ1) is 12.0. The summed E-state index contributed by atoms with van der Waals surface area (Å²) in [6, 6.07) is 8.63. The summed E-state index contributed by atoms with van der Waals surface area (Å²) >= 11 is 1.20. The van der Waals surface area contributed by atoms with Gasteiger partial charge in [-0.2, -0.15) is 10.1 Å². The number of phenols is 1. The highest BCUT2D eigenvalue weighted by Crippen LogP contribution is 2.15. The van der Waals surface area contributed by atoms with Gasteiger partial charge >= 0.3 is 0 Å². The van der Waals surface area contributed by atoms with Crippen LogP contribution in [0.1, 0.15) is 17.0 Å². The highest BCUT2D eigenvalue weighted by Gasteiger charge is 2.10. The molecule has 0 radical (unpaired) electrons. The first kappa shape index (κ1) is 16.9. The van der Waals surface area contributed by atoms with Gasteiger partial charge in [-0.1, -0.05) is 23.9 Å². The molecule has 9 heteroatoms. The third kappa shape index (κ3) is 4.13. The van der Waals surface area contributed by atoms with Crippen molar-refractivity contribution in [1.82, 2.24) is 25.0 Å². The zero-order valence-corrected chi connectivity index (χ0v) is 14.5. The summed E-state index contributed by atoms with van der Waals surface area (Å²) in [5, 5.41) is 18.2. The lowest BCUT2D eigenvalue weighted by Gasteiger charge is -1.99. The molecule has 0 saturated heterocycles. The number of hydrogen-bond acceptors (Lipinski definition) is 7. The van der Waals surface area contributed by atoms with Crippen LogP contribution < -0.4 is 5.43 Å². The summed E-state index contributed by atoms with van der Waals surface area (Å²) in [6.07, 6.45) is 1.39. The van der Waals surface area contributed by atoms with Crippen molar-refractivity contribution in [1.29, 1.82) is 0 Å². The molecule has 1 aromatic carbocycles. The second kappa shape index (κ2) is 7.31. The van der Waals surface area contributed by atoms with Crippen LogP contribution in [0.25, 0.3) is 5.78 Å². The quantitative estimate of drug-likeness (QED) is 0.409. The third-order valence-electron chi connectivity index (χ3n) is 3.26. The van der Waals surface area contributed by atoms with Gasteiger partial charge in [0, 0.05) is 17.0 Å². The van der Waals surface area contributed by atoms with Crippen molar-refractivity contribution >= 4 is 29.7 Å². The number of aromatic nitrogens is 4. The van der Waals surface area contributed by atoms with Gasteiger partial charge < -0.3 is 5.11 Å². The standard InChI is InChI=1S/C16H16N6O2S/c1-10-7-11(2)22-15(18-10)19-16(21-22)25-9-14(24)20-17-8-12-5-3-4-6-13(12)23/h3-8,23H,9H2,1-2H3,(H,20,24). The zero-order valence-electron chi connectivity index (χ0n) is 13.7. The maximum absolute atomic E-state index is 11.8. The van der Waals surface area contributed by atoms with Crippen LogP contribution in [0.3, 0.4) is 0 Å². The maximum Gasteiger partial charge on any atom is 0.253 e. The van der Waals surface area contributed by atoms with E-state index in [2.05, 4.69) is 25.6 Å². The number of hydrazone groups is 1. The number of fused-ring (bicyclic) bond motifs is 1. The average molecular weight is 356 g/mol. The van der Waals surface area contributed by atoms with E-state index in [0.29, 0.717) is 16.5 Å². The van der Waals surface area contributed by atoms with Gasteiger partial charge in [-0.05, 0) is 32.0 Å². The normalized spacial score (nSPS) is 11.3. The Labute approximate surface area is 148 Å². The summed E-state index contributed by atoms with van der Waals surface area (Å²) in [5.74, 6) is 0.434. The number of rotatable bonds is 5. The lowest BCUT2D eigenvalue weighted by Crippen LogP contribution is -2.19. The van der Waals surface area contributed by atoms with Crippen molar-refractivity contribution in [2.24, 2.45) is 5.10 Å². The van der Waals surface area contributed by atoms with Gasteiger partial charge in [-0.3, -0.25) is 4.79 Å². The molecule has 2 aromatic heterocycles. The minimum absolute atomic E-state index is 0.0990. The maximum atomic E-state index is 11.8. The number of phenolic OH excluding ortho intramolecular Hbond substituents is 1. The van der Waals surface area contributed by atoms with Gasteiger partial charge in [-0.15, -0.1) is 5.10 Å². The van der Waals surface area contributed by atoms with Gasteiger partial charge in [-0.25, -0.2) is 14.9 Å². The third-order valence-corrected chi connectivity index (χ3v) is 4.10. The number of aromatic hydroxyl groups is 1. The molecule has 0 spiro atoms. The summed E-state index contributed by atoms with van der Waals surface area (Å²) < 4.78 is 1.64. The zero-order chi connectivity index (χ0) is 17.8. The Hall–Kier alpha value is -2.94. The molecule has 25 heavy (non-hydrogen) atoms. The second-order valence-corrected chi connectivity index (χ2v) is 6.23. The van der Waals surface area contributed by atoms with Crippen LogP contribution in [0, 0.1) is 13.8 Å². The molecule has 3 aromatic rings. The number of carbonyl (C=O) groups excluding carboxylic acids is 1. The Morgan fingerprint density at radius 1 is 1.36 bits per heavy atom. The largest absolute Gasteiger partial charge is 0.507 e. The smallest absolute Gasteiger partial charge is 0.253 e. The molecule has 1 amide bonds. The van der Waals surface area contributed by atoms with Crippen LogP contribution in [0.2, 0.25) is 0 Å². The lowest BCUT2D eigenvalue weighted by molar-refractivity contribution is -0.118. The Morgan fingerprint density at radius 3 is 2.96 bits per heavy atom. The van der Waals surface area contributed by atoms with Crippen molar-refractivity contribution in [3.05, 3.63) is 47.3 Å². The molecule has 0 bridgehead atoms. The van der Waals surface area contributed by atoms with Crippen molar-refractivity contribution in [3.8, 4) is 5.75 Å². The molecule has 128 valence electrons. The minimum Gasteiger partial charge on any atom is -0.507 e. The molecular weight excluding hydrogens is 340 g/mol.